The fraction of sp³-hybridized carbons (Fsp3) is 0.533. The van der Waals surface area contributed by atoms with Crippen LogP contribution in [0.2, 0.25) is 0 Å². The van der Waals surface area contributed by atoms with E-state index in [1.54, 1.807) is 15.8 Å². The van der Waals surface area contributed by atoms with Gasteiger partial charge in [0.25, 0.3) is 16.0 Å². The van der Waals surface area contributed by atoms with E-state index in [-0.39, 0.29) is 23.6 Å². The predicted octanol–water partition coefficient (Wildman–Crippen LogP) is 0.618. The van der Waals surface area contributed by atoms with E-state index >= 15 is 0 Å². The third-order valence-corrected chi connectivity index (χ3v) is 6.79. The van der Waals surface area contributed by atoms with E-state index in [9.17, 15) is 13.2 Å². The van der Waals surface area contributed by atoms with Gasteiger partial charge >= 0.3 is 0 Å². The van der Waals surface area contributed by atoms with Crippen LogP contribution < -0.4 is 10.2 Å². The molecule has 2 atom stereocenters. The SMILES string of the molecule is Cn1cc(N2CCc3nc([C@@H]4C[C@H](CS(=O)(=O)O)CN4)sc3C2=O)cn1. The number of nitrogens with one attached hydrogen (secondary N) is 1. The molecule has 0 aliphatic carbocycles. The molecule has 0 spiro atoms. The minimum Gasteiger partial charge on any atom is -0.308 e. The van der Waals surface area contributed by atoms with Crippen molar-refractivity contribution >= 4 is 33.0 Å². The zero-order valence-electron chi connectivity index (χ0n) is 14.1. The van der Waals surface area contributed by atoms with Crippen LogP contribution in [-0.4, -0.2) is 52.5 Å². The zero-order chi connectivity index (χ0) is 18.5. The van der Waals surface area contributed by atoms with Crippen molar-refractivity contribution in [2.75, 3.05) is 23.7 Å². The number of anilines is 1. The number of carbonyl (C=O) groups excluding carboxylic acids is 1. The van der Waals surface area contributed by atoms with Crippen LogP contribution in [0.3, 0.4) is 0 Å². The Balaban J connectivity index is 1.52. The van der Waals surface area contributed by atoms with Crippen molar-refractivity contribution in [2.45, 2.75) is 18.9 Å². The van der Waals surface area contributed by atoms with E-state index in [0.29, 0.717) is 30.8 Å². The molecular weight excluding hydrogens is 378 g/mol. The van der Waals surface area contributed by atoms with Crippen LogP contribution in [0.1, 0.15) is 32.8 Å². The Morgan fingerprint density at radius 2 is 2.27 bits per heavy atom. The van der Waals surface area contributed by atoms with Crippen LogP contribution in [0.15, 0.2) is 12.4 Å². The van der Waals surface area contributed by atoms with Gasteiger partial charge in [0, 0.05) is 26.2 Å². The van der Waals surface area contributed by atoms with Gasteiger partial charge in [-0.3, -0.25) is 14.0 Å². The molecular formula is C15H19N5O4S2. The van der Waals surface area contributed by atoms with Crippen molar-refractivity contribution in [3.63, 3.8) is 0 Å². The van der Waals surface area contributed by atoms with Crippen LogP contribution in [0.5, 0.6) is 0 Å². The van der Waals surface area contributed by atoms with Gasteiger partial charge in [0.2, 0.25) is 0 Å². The van der Waals surface area contributed by atoms with Gasteiger partial charge in [-0.25, -0.2) is 4.98 Å². The van der Waals surface area contributed by atoms with E-state index in [2.05, 4.69) is 15.4 Å². The standard InChI is InChI=1S/C15H19N5O4S2/c1-19-7-10(6-17-19)20-3-2-11-13(15(20)21)25-14(18-11)12-4-9(5-16-12)8-26(22,23)24/h6-7,9,12,16H,2-5,8H2,1H3,(H,22,23,24)/t9-,12-/m0/s1. The first-order valence-electron chi connectivity index (χ1n) is 8.29. The Morgan fingerprint density at radius 1 is 1.46 bits per heavy atom. The number of amides is 1. The van der Waals surface area contributed by atoms with Gasteiger partial charge in [0.05, 0.1) is 29.4 Å². The highest BCUT2D eigenvalue weighted by molar-refractivity contribution is 7.85. The summed E-state index contributed by atoms with van der Waals surface area (Å²) in [7, 11) is -2.18. The normalized spacial score (nSPS) is 23.5. The molecule has 1 saturated heterocycles. The third kappa shape index (κ3) is 3.39. The number of rotatable bonds is 4. The summed E-state index contributed by atoms with van der Waals surface area (Å²) in [5.41, 5.74) is 1.57. The molecule has 140 valence electrons. The molecule has 0 radical (unpaired) electrons. The Morgan fingerprint density at radius 3 is 2.96 bits per heavy atom. The third-order valence-electron chi connectivity index (χ3n) is 4.69. The van der Waals surface area contributed by atoms with E-state index in [4.69, 9.17) is 4.55 Å². The van der Waals surface area contributed by atoms with E-state index in [1.807, 2.05) is 13.2 Å². The molecule has 2 N–H and O–H groups in total. The minimum absolute atomic E-state index is 0.0736. The monoisotopic (exact) mass is 397 g/mol. The Kier molecular flexibility index (Phi) is 4.34. The molecule has 1 fully saturated rings. The summed E-state index contributed by atoms with van der Waals surface area (Å²) in [4.78, 5) is 19.8. The molecule has 4 heterocycles. The smallest absolute Gasteiger partial charge is 0.270 e. The van der Waals surface area contributed by atoms with E-state index < -0.39 is 10.1 Å². The lowest BCUT2D eigenvalue weighted by molar-refractivity contribution is 0.0984. The number of hydrogen-bond donors (Lipinski definition) is 2. The average Bonchev–Trinajstić information content (AvgIpc) is 3.25. The lowest BCUT2D eigenvalue weighted by atomic mass is 10.1. The van der Waals surface area contributed by atoms with Crippen LogP contribution in [0.25, 0.3) is 0 Å². The first kappa shape index (κ1) is 17.6. The van der Waals surface area contributed by atoms with Gasteiger partial charge in [-0.2, -0.15) is 13.5 Å². The second kappa shape index (κ2) is 6.41. The van der Waals surface area contributed by atoms with Crippen LogP contribution in [0.4, 0.5) is 5.69 Å². The summed E-state index contributed by atoms with van der Waals surface area (Å²) < 4.78 is 32.8. The Bertz CT molecular complexity index is 951. The number of nitrogens with zero attached hydrogens (tertiary/aromatic N) is 4. The highest BCUT2D eigenvalue weighted by atomic mass is 32.2. The molecule has 26 heavy (non-hydrogen) atoms. The fourth-order valence-corrected chi connectivity index (χ4v) is 5.51. The highest BCUT2D eigenvalue weighted by Crippen LogP contribution is 2.35. The van der Waals surface area contributed by atoms with E-state index in [1.165, 1.54) is 11.3 Å². The Hall–Kier alpha value is -1.82. The molecule has 0 aromatic carbocycles. The molecule has 0 saturated carbocycles. The summed E-state index contributed by atoms with van der Waals surface area (Å²) in [5.74, 6) is -0.482. The van der Waals surface area contributed by atoms with Crippen molar-refractivity contribution in [1.29, 1.82) is 0 Å². The molecule has 1 amide bonds. The molecule has 0 unspecified atom stereocenters. The summed E-state index contributed by atoms with van der Waals surface area (Å²) in [5, 5.41) is 8.17. The lowest BCUT2D eigenvalue weighted by Gasteiger charge is -2.24. The number of fused-ring (bicyclic) bond motifs is 1. The molecule has 9 nitrogen and oxygen atoms in total. The molecule has 11 heteroatoms. The summed E-state index contributed by atoms with van der Waals surface area (Å²) in [6.07, 6.45) is 4.73. The molecule has 2 aromatic rings. The van der Waals surface area contributed by atoms with Gasteiger partial charge in [0.1, 0.15) is 9.88 Å². The predicted molar refractivity (Wildman–Crippen MR) is 96.0 cm³/mol. The minimum atomic E-state index is -3.99. The molecule has 0 bridgehead atoms. The average molecular weight is 397 g/mol. The maximum Gasteiger partial charge on any atom is 0.270 e. The van der Waals surface area contributed by atoms with Gasteiger partial charge in [-0.1, -0.05) is 0 Å². The van der Waals surface area contributed by atoms with Gasteiger partial charge < -0.3 is 10.2 Å². The van der Waals surface area contributed by atoms with Crippen LogP contribution >= 0.6 is 11.3 Å². The number of aryl methyl sites for hydroxylation is 1. The van der Waals surface area contributed by atoms with Crippen LogP contribution in [0, 0.1) is 5.92 Å². The quantitative estimate of drug-likeness (QED) is 0.726. The maximum atomic E-state index is 12.8. The summed E-state index contributed by atoms with van der Waals surface area (Å²) in [6.45, 7) is 1.06. The van der Waals surface area contributed by atoms with Gasteiger partial charge in [0.15, 0.2) is 0 Å². The number of hydrogen-bond acceptors (Lipinski definition) is 7. The Labute approximate surface area is 154 Å². The second-order valence-corrected chi connectivity index (χ2v) is 9.25. The van der Waals surface area contributed by atoms with E-state index in [0.717, 1.165) is 16.4 Å². The topological polar surface area (TPSA) is 117 Å². The van der Waals surface area contributed by atoms with Crippen molar-refractivity contribution in [1.82, 2.24) is 20.1 Å². The second-order valence-electron chi connectivity index (χ2n) is 6.72. The number of thiazole rings is 1. The first-order valence-corrected chi connectivity index (χ1v) is 10.7. The maximum absolute atomic E-state index is 12.8. The van der Waals surface area contributed by atoms with Crippen molar-refractivity contribution in [3.05, 3.63) is 28.0 Å². The number of carbonyl (C=O) groups is 1. The summed E-state index contributed by atoms with van der Waals surface area (Å²) in [6, 6.07) is -0.0861. The van der Waals surface area contributed by atoms with Crippen molar-refractivity contribution < 1.29 is 17.8 Å². The fourth-order valence-electron chi connectivity index (χ4n) is 3.51. The molecule has 2 aliphatic rings. The van der Waals surface area contributed by atoms with Crippen molar-refractivity contribution in [3.8, 4) is 0 Å². The first-order chi connectivity index (χ1) is 12.3. The van der Waals surface area contributed by atoms with Crippen LogP contribution in [-0.2, 0) is 23.6 Å². The van der Waals surface area contributed by atoms with Gasteiger partial charge in [-0.15, -0.1) is 11.3 Å². The lowest BCUT2D eigenvalue weighted by Crippen LogP contribution is -2.36. The number of aromatic nitrogens is 3. The zero-order valence-corrected chi connectivity index (χ0v) is 15.8. The molecule has 2 aliphatic heterocycles. The van der Waals surface area contributed by atoms with Gasteiger partial charge in [-0.05, 0) is 18.9 Å². The highest BCUT2D eigenvalue weighted by Gasteiger charge is 2.34. The van der Waals surface area contributed by atoms with Crippen molar-refractivity contribution in [2.24, 2.45) is 13.0 Å². The summed E-state index contributed by atoms with van der Waals surface area (Å²) >= 11 is 1.36. The molecule has 4 rings (SSSR count). The molecule has 2 aromatic heterocycles. The largest absolute Gasteiger partial charge is 0.308 e.